The molecule has 1 saturated heterocycles. The first-order valence-electron chi connectivity index (χ1n) is 7.39. The number of hydrogen-bond acceptors (Lipinski definition) is 2. The first kappa shape index (κ1) is 13.4. The zero-order valence-electron chi connectivity index (χ0n) is 11.7. The largest absolute Gasteiger partial charge is 0.304 e. The summed E-state index contributed by atoms with van der Waals surface area (Å²) in [7, 11) is 2.19. The molecule has 1 aromatic carbocycles. The third-order valence-electron chi connectivity index (χ3n) is 4.50. The van der Waals surface area contributed by atoms with Gasteiger partial charge in [0, 0.05) is 32.7 Å². The van der Waals surface area contributed by atoms with Crippen LogP contribution in [0.3, 0.4) is 0 Å². The highest BCUT2D eigenvalue weighted by molar-refractivity contribution is 6.21. The van der Waals surface area contributed by atoms with Crippen molar-refractivity contribution in [1.29, 1.82) is 0 Å². The highest BCUT2D eigenvalue weighted by Gasteiger charge is 2.19. The van der Waals surface area contributed by atoms with Crippen LogP contribution in [0.4, 0.5) is 0 Å². The van der Waals surface area contributed by atoms with E-state index < -0.39 is 0 Å². The lowest BCUT2D eigenvalue weighted by molar-refractivity contribution is 0.154. The van der Waals surface area contributed by atoms with Crippen molar-refractivity contribution < 1.29 is 0 Å². The Morgan fingerprint density at radius 2 is 1.84 bits per heavy atom. The number of likely N-dealkylation sites (N-methyl/N-ethyl adjacent to an activating group) is 1. The van der Waals surface area contributed by atoms with Gasteiger partial charge in [0.15, 0.2) is 0 Å². The summed E-state index contributed by atoms with van der Waals surface area (Å²) in [4.78, 5) is 4.88. The Hall–Kier alpha value is -0.570. The summed E-state index contributed by atoms with van der Waals surface area (Å²) in [6.45, 7) is 5.59. The Balaban J connectivity index is 1.62. The number of aryl methyl sites for hydroxylation is 2. The highest BCUT2D eigenvalue weighted by atomic mass is 35.5. The van der Waals surface area contributed by atoms with E-state index in [9.17, 15) is 0 Å². The minimum Gasteiger partial charge on any atom is -0.304 e. The molecule has 0 bridgehead atoms. The molecule has 0 saturated carbocycles. The number of piperazine rings is 1. The van der Waals surface area contributed by atoms with Crippen LogP contribution < -0.4 is 0 Å². The molecule has 1 aliphatic heterocycles. The molecular weight excluding hydrogens is 256 g/mol. The van der Waals surface area contributed by atoms with Crippen LogP contribution in [0.15, 0.2) is 18.2 Å². The monoisotopic (exact) mass is 278 g/mol. The number of halogens is 1. The number of benzene rings is 1. The van der Waals surface area contributed by atoms with Gasteiger partial charge in [-0.1, -0.05) is 18.2 Å². The fraction of sp³-hybridized carbons (Fsp3) is 0.625. The molecule has 0 spiro atoms. The van der Waals surface area contributed by atoms with Crippen molar-refractivity contribution >= 4 is 11.6 Å². The minimum atomic E-state index is 0.134. The van der Waals surface area contributed by atoms with E-state index in [2.05, 4.69) is 35.0 Å². The molecule has 1 atom stereocenters. The van der Waals surface area contributed by atoms with E-state index >= 15 is 0 Å². The van der Waals surface area contributed by atoms with Crippen molar-refractivity contribution in [3.8, 4) is 0 Å². The van der Waals surface area contributed by atoms with E-state index in [1.807, 2.05) is 0 Å². The lowest BCUT2D eigenvalue weighted by Gasteiger charge is -2.33. The van der Waals surface area contributed by atoms with Gasteiger partial charge in [-0.3, -0.25) is 4.90 Å². The normalized spacial score (nSPS) is 22.4. The van der Waals surface area contributed by atoms with Crippen molar-refractivity contribution in [2.75, 3.05) is 39.8 Å². The van der Waals surface area contributed by atoms with E-state index in [1.165, 1.54) is 36.0 Å². The van der Waals surface area contributed by atoms with Crippen LogP contribution in [0.5, 0.6) is 0 Å². The van der Waals surface area contributed by atoms with Crippen molar-refractivity contribution in [1.82, 2.24) is 9.80 Å². The summed E-state index contributed by atoms with van der Waals surface area (Å²) in [5, 5.41) is 0.134. The fourth-order valence-electron chi connectivity index (χ4n) is 3.15. The molecule has 1 fully saturated rings. The van der Waals surface area contributed by atoms with Gasteiger partial charge in [0.2, 0.25) is 0 Å². The second-order valence-electron chi connectivity index (χ2n) is 5.95. The molecule has 3 rings (SSSR count). The van der Waals surface area contributed by atoms with Gasteiger partial charge >= 0.3 is 0 Å². The SMILES string of the molecule is CN1CCN(CC(Cl)c2ccc3c(c2)CCC3)CC1. The lowest BCUT2D eigenvalue weighted by atomic mass is 10.0. The molecule has 2 aliphatic rings. The molecule has 0 radical (unpaired) electrons. The summed E-state index contributed by atoms with van der Waals surface area (Å²) in [5.41, 5.74) is 4.37. The smallest absolute Gasteiger partial charge is 0.0712 e. The topological polar surface area (TPSA) is 6.48 Å². The predicted octanol–water partition coefficient (Wildman–Crippen LogP) is 2.70. The van der Waals surface area contributed by atoms with Crippen LogP contribution in [-0.2, 0) is 12.8 Å². The van der Waals surface area contributed by atoms with E-state index in [-0.39, 0.29) is 5.38 Å². The molecule has 3 heteroatoms. The molecular formula is C16H23ClN2. The Morgan fingerprint density at radius 1 is 1.11 bits per heavy atom. The Morgan fingerprint density at radius 3 is 2.63 bits per heavy atom. The summed E-state index contributed by atoms with van der Waals surface area (Å²) in [6, 6.07) is 6.87. The van der Waals surface area contributed by atoms with Crippen molar-refractivity contribution in [2.24, 2.45) is 0 Å². The molecule has 0 amide bonds. The van der Waals surface area contributed by atoms with Crippen LogP contribution in [0.2, 0.25) is 0 Å². The van der Waals surface area contributed by atoms with E-state index in [1.54, 1.807) is 0 Å². The Labute approximate surface area is 121 Å². The number of hydrogen-bond donors (Lipinski definition) is 0. The number of nitrogens with zero attached hydrogens (tertiary/aromatic N) is 2. The molecule has 19 heavy (non-hydrogen) atoms. The average molecular weight is 279 g/mol. The van der Waals surface area contributed by atoms with Crippen LogP contribution in [0.25, 0.3) is 0 Å². The van der Waals surface area contributed by atoms with Gasteiger partial charge in [0.1, 0.15) is 0 Å². The summed E-state index contributed by atoms with van der Waals surface area (Å²) in [6.07, 6.45) is 3.80. The molecule has 2 nitrogen and oxygen atoms in total. The van der Waals surface area contributed by atoms with Crippen molar-refractivity contribution in [3.05, 3.63) is 34.9 Å². The summed E-state index contributed by atoms with van der Waals surface area (Å²) >= 11 is 6.62. The summed E-state index contributed by atoms with van der Waals surface area (Å²) in [5.74, 6) is 0. The molecule has 0 N–H and O–H groups in total. The van der Waals surface area contributed by atoms with Gasteiger partial charge < -0.3 is 4.90 Å². The Kier molecular flexibility index (Phi) is 4.11. The van der Waals surface area contributed by atoms with Crippen molar-refractivity contribution in [3.63, 3.8) is 0 Å². The zero-order chi connectivity index (χ0) is 13.2. The number of fused-ring (bicyclic) bond motifs is 1. The Bertz CT molecular complexity index is 438. The highest BCUT2D eigenvalue weighted by Crippen LogP contribution is 2.28. The van der Waals surface area contributed by atoms with Crippen LogP contribution >= 0.6 is 11.6 Å². The second-order valence-corrected chi connectivity index (χ2v) is 6.48. The van der Waals surface area contributed by atoms with E-state index in [4.69, 9.17) is 11.6 Å². The minimum absolute atomic E-state index is 0.134. The van der Waals surface area contributed by atoms with Crippen LogP contribution in [0, 0.1) is 0 Å². The second kappa shape index (κ2) is 5.82. The zero-order valence-corrected chi connectivity index (χ0v) is 12.5. The van der Waals surface area contributed by atoms with Gasteiger partial charge in [-0.25, -0.2) is 0 Å². The number of rotatable bonds is 3. The van der Waals surface area contributed by atoms with Crippen LogP contribution in [0.1, 0.15) is 28.5 Å². The molecule has 1 aromatic rings. The van der Waals surface area contributed by atoms with E-state index in [0.29, 0.717) is 0 Å². The maximum atomic E-state index is 6.62. The first-order chi connectivity index (χ1) is 9.22. The third-order valence-corrected chi connectivity index (χ3v) is 4.89. The van der Waals surface area contributed by atoms with Gasteiger partial charge in [0.05, 0.1) is 5.38 Å². The molecule has 1 aliphatic carbocycles. The number of alkyl halides is 1. The molecule has 104 valence electrons. The van der Waals surface area contributed by atoms with E-state index in [0.717, 1.165) is 32.7 Å². The summed E-state index contributed by atoms with van der Waals surface area (Å²) < 4.78 is 0. The molecule has 1 unspecified atom stereocenters. The van der Waals surface area contributed by atoms with Gasteiger partial charge in [-0.05, 0) is 43.0 Å². The van der Waals surface area contributed by atoms with Gasteiger partial charge in [-0.15, -0.1) is 11.6 Å². The maximum Gasteiger partial charge on any atom is 0.0712 e. The standard InChI is InChI=1S/C16H23ClN2/c1-18-7-9-19(10-8-18)12-16(17)15-6-5-13-3-2-4-14(13)11-15/h5-6,11,16H,2-4,7-10,12H2,1H3. The molecule has 0 aromatic heterocycles. The van der Waals surface area contributed by atoms with Gasteiger partial charge in [-0.2, -0.15) is 0 Å². The lowest BCUT2D eigenvalue weighted by Crippen LogP contribution is -2.45. The fourth-order valence-corrected chi connectivity index (χ4v) is 3.48. The van der Waals surface area contributed by atoms with Crippen LogP contribution in [-0.4, -0.2) is 49.6 Å². The van der Waals surface area contributed by atoms with Crippen molar-refractivity contribution in [2.45, 2.75) is 24.6 Å². The predicted molar refractivity (Wildman–Crippen MR) is 81.0 cm³/mol. The average Bonchev–Trinajstić information content (AvgIpc) is 2.88. The maximum absolute atomic E-state index is 6.62. The van der Waals surface area contributed by atoms with Gasteiger partial charge in [0.25, 0.3) is 0 Å². The quantitative estimate of drug-likeness (QED) is 0.785. The molecule has 1 heterocycles. The third kappa shape index (κ3) is 3.13. The first-order valence-corrected chi connectivity index (χ1v) is 7.83.